The summed E-state index contributed by atoms with van der Waals surface area (Å²) in [6.45, 7) is 8.94. The largest absolute Gasteiger partial charge is 0.395 e. The van der Waals surface area contributed by atoms with Crippen LogP contribution in [0.3, 0.4) is 0 Å². The zero-order valence-corrected chi connectivity index (χ0v) is 13.0. The second-order valence-corrected chi connectivity index (χ2v) is 4.82. The molecule has 1 rings (SSSR count). The molecule has 6 nitrogen and oxygen atoms in total. The summed E-state index contributed by atoms with van der Waals surface area (Å²) < 4.78 is 0. The van der Waals surface area contributed by atoms with E-state index in [9.17, 15) is 5.11 Å². The second kappa shape index (κ2) is 8.01. The highest BCUT2D eigenvalue weighted by molar-refractivity contribution is 5.58. The zero-order valence-electron chi connectivity index (χ0n) is 13.0. The van der Waals surface area contributed by atoms with Gasteiger partial charge in [-0.15, -0.1) is 0 Å². The standard InChI is InChI=1S/C14H27N5O/c1-5-11(6-2)19(8-9-20)14-10(4)13(18-15)16-12(7-3)17-14/h11,20H,5-9,15H2,1-4H3,(H,16,17,18). The summed E-state index contributed by atoms with van der Waals surface area (Å²) in [6.07, 6.45) is 2.76. The van der Waals surface area contributed by atoms with Gasteiger partial charge < -0.3 is 15.4 Å². The number of nitrogens with two attached hydrogens (primary N) is 1. The van der Waals surface area contributed by atoms with Crippen LogP contribution in [-0.4, -0.2) is 34.3 Å². The van der Waals surface area contributed by atoms with Crippen LogP contribution in [0.15, 0.2) is 0 Å². The number of hydrazine groups is 1. The van der Waals surface area contributed by atoms with E-state index in [0.29, 0.717) is 18.4 Å². The number of anilines is 2. The second-order valence-electron chi connectivity index (χ2n) is 4.82. The van der Waals surface area contributed by atoms with E-state index < -0.39 is 0 Å². The number of hydrogen-bond acceptors (Lipinski definition) is 6. The summed E-state index contributed by atoms with van der Waals surface area (Å²) >= 11 is 0. The van der Waals surface area contributed by atoms with Crippen molar-refractivity contribution < 1.29 is 5.11 Å². The van der Waals surface area contributed by atoms with Crippen LogP contribution in [0.5, 0.6) is 0 Å². The Kier molecular flexibility index (Phi) is 6.67. The van der Waals surface area contributed by atoms with E-state index in [-0.39, 0.29) is 6.61 Å². The maximum Gasteiger partial charge on any atom is 0.148 e. The Labute approximate surface area is 121 Å². The van der Waals surface area contributed by atoms with Crippen LogP contribution < -0.4 is 16.2 Å². The average molecular weight is 281 g/mol. The van der Waals surface area contributed by atoms with Gasteiger partial charge in [-0.05, 0) is 19.8 Å². The van der Waals surface area contributed by atoms with Crippen molar-refractivity contribution >= 4 is 11.6 Å². The predicted octanol–water partition coefficient (Wildman–Crippen LogP) is 1.62. The van der Waals surface area contributed by atoms with Gasteiger partial charge in [-0.2, -0.15) is 0 Å². The molecule has 0 aromatic carbocycles. The highest BCUT2D eigenvalue weighted by Gasteiger charge is 2.21. The minimum Gasteiger partial charge on any atom is -0.395 e. The third-order valence-electron chi connectivity index (χ3n) is 3.62. The van der Waals surface area contributed by atoms with Gasteiger partial charge in [0.15, 0.2) is 0 Å². The number of nitrogen functional groups attached to an aromatic ring is 1. The molecule has 0 aliphatic heterocycles. The van der Waals surface area contributed by atoms with Gasteiger partial charge in [0.25, 0.3) is 0 Å². The first-order valence-electron chi connectivity index (χ1n) is 7.34. The number of aliphatic hydroxyl groups is 1. The molecule has 0 bridgehead atoms. The normalized spacial score (nSPS) is 10.9. The third kappa shape index (κ3) is 3.58. The van der Waals surface area contributed by atoms with E-state index >= 15 is 0 Å². The number of rotatable bonds is 8. The molecular formula is C14H27N5O. The van der Waals surface area contributed by atoms with Gasteiger partial charge in [-0.25, -0.2) is 15.8 Å². The lowest BCUT2D eigenvalue weighted by molar-refractivity contribution is 0.295. The van der Waals surface area contributed by atoms with E-state index in [1.807, 2.05) is 13.8 Å². The Morgan fingerprint density at radius 1 is 1.25 bits per heavy atom. The maximum absolute atomic E-state index is 9.36. The molecule has 0 radical (unpaired) electrons. The van der Waals surface area contributed by atoms with Crippen LogP contribution in [0.1, 0.15) is 45.0 Å². The quantitative estimate of drug-likeness (QED) is 0.496. The van der Waals surface area contributed by atoms with Crippen LogP contribution in [0.25, 0.3) is 0 Å². The number of nitrogens with one attached hydrogen (secondary N) is 1. The number of aryl methyl sites for hydroxylation is 1. The summed E-state index contributed by atoms with van der Waals surface area (Å²) in [6, 6.07) is 0.353. The minimum absolute atomic E-state index is 0.104. The van der Waals surface area contributed by atoms with Crippen molar-refractivity contribution in [2.75, 3.05) is 23.5 Å². The molecule has 0 unspecified atom stereocenters. The molecule has 0 fully saturated rings. The Balaban J connectivity index is 3.30. The molecule has 114 valence electrons. The highest BCUT2D eigenvalue weighted by atomic mass is 16.3. The van der Waals surface area contributed by atoms with Crippen LogP contribution in [0, 0.1) is 6.92 Å². The van der Waals surface area contributed by atoms with Crippen molar-refractivity contribution in [2.45, 2.75) is 53.0 Å². The van der Waals surface area contributed by atoms with E-state index in [0.717, 1.165) is 36.5 Å². The Morgan fingerprint density at radius 3 is 2.35 bits per heavy atom. The summed E-state index contributed by atoms with van der Waals surface area (Å²) in [5.41, 5.74) is 3.56. The van der Waals surface area contributed by atoms with Crippen molar-refractivity contribution in [1.29, 1.82) is 0 Å². The van der Waals surface area contributed by atoms with Gasteiger partial charge in [0.1, 0.15) is 17.5 Å². The predicted molar refractivity (Wildman–Crippen MR) is 82.8 cm³/mol. The molecular weight excluding hydrogens is 254 g/mol. The first-order valence-corrected chi connectivity index (χ1v) is 7.34. The van der Waals surface area contributed by atoms with E-state index in [4.69, 9.17) is 5.84 Å². The van der Waals surface area contributed by atoms with Gasteiger partial charge in [0.05, 0.1) is 6.61 Å². The van der Waals surface area contributed by atoms with Crippen LogP contribution >= 0.6 is 0 Å². The SMILES string of the molecule is CCc1nc(NN)c(C)c(N(CCO)C(CC)CC)n1. The molecule has 4 N–H and O–H groups in total. The smallest absolute Gasteiger partial charge is 0.148 e. The van der Waals surface area contributed by atoms with Gasteiger partial charge in [0.2, 0.25) is 0 Å². The minimum atomic E-state index is 0.104. The lowest BCUT2D eigenvalue weighted by atomic mass is 10.1. The van der Waals surface area contributed by atoms with E-state index in [1.54, 1.807) is 0 Å². The summed E-state index contributed by atoms with van der Waals surface area (Å²) in [4.78, 5) is 11.2. The average Bonchev–Trinajstić information content (AvgIpc) is 2.48. The molecule has 20 heavy (non-hydrogen) atoms. The lowest BCUT2D eigenvalue weighted by Gasteiger charge is -2.32. The van der Waals surface area contributed by atoms with Gasteiger partial charge in [0, 0.05) is 24.6 Å². The van der Waals surface area contributed by atoms with Gasteiger partial charge in [-0.3, -0.25) is 0 Å². The monoisotopic (exact) mass is 281 g/mol. The van der Waals surface area contributed by atoms with Crippen LogP contribution in [0.4, 0.5) is 11.6 Å². The van der Waals surface area contributed by atoms with Crippen molar-refractivity contribution in [3.8, 4) is 0 Å². The summed E-state index contributed by atoms with van der Waals surface area (Å²) in [5, 5.41) is 9.36. The summed E-state index contributed by atoms with van der Waals surface area (Å²) in [5.74, 6) is 7.83. The van der Waals surface area contributed by atoms with Crippen molar-refractivity contribution in [1.82, 2.24) is 9.97 Å². The number of aromatic nitrogens is 2. The van der Waals surface area contributed by atoms with Crippen molar-refractivity contribution in [3.63, 3.8) is 0 Å². The molecule has 0 amide bonds. The van der Waals surface area contributed by atoms with Crippen molar-refractivity contribution in [3.05, 3.63) is 11.4 Å². The van der Waals surface area contributed by atoms with Gasteiger partial charge >= 0.3 is 0 Å². The first kappa shape index (κ1) is 16.7. The molecule has 0 atom stereocenters. The first-order chi connectivity index (χ1) is 9.62. The molecule has 0 saturated heterocycles. The van der Waals surface area contributed by atoms with Gasteiger partial charge in [-0.1, -0.05) is 20.8 Å². The molecule has 0 saturated carbocycles. The molecule has 6 heteroatoms. The van der Waals surface area contributed by atoms with E-state index in [1.165, 1.54) is 0 Å². The topological polar surface area (TPSA) is 87.3 Å². The fourth-order valence-corrected chi connectivity index (χ4v) is 2.43. The zero-order chi connectivity index (χ0) is 15.1. The molecule has 1 heterocycles. The maximum atomic E-state index is 9.36. The van der Waals surface area contributed by atoms with E-state index in [2.05, 4.69) is 34.1 Å². The Hall–Kier alpha value is -1.40. The molecule has 1 aromatic rings. The molecule has 0 spiro atoms. The Bertz CT molecular complexity index is 420. The highest BCUT2D eigenvalue weighted by Crippen LogP contribution is 2.26. The molecule has 0 aliphatic carbocycles. The number of aliphatic hydroxyl groups excluding tert-OH is 1. The Morgan fingerprint density at radius 2 is 1.90 bits per heavy atom. The number of hydrogen-bond donors (Lipinski definition) is 3. The number of nitrogens with zero attached hydrogens (tertiary/aromatic N) is 3. The third-order valence-corrected chi connectivity index (χ3v) is 3.62. The molecule has 0 aliphatic rings. The fourth-order valence-electron chi connectivity index (χ4n) is 2.43. The summed E-state index contributed by atoms with van der Waals surface area (Å²) in [7, 11) is 0. The van der Waals surface area contributed by atoms with Crippen LogP contribution in [-0.2, 0) is 6.42 Å². The molecule has 1 aromatic heterocycles. The lowest BCUT2D eigenvalue weighted by Crippen LogP contribution is -2.38. The van der Waals surface area contributed by atoms with Crippen LogP contribution in [0.2, 0.25) is 0 Å². The fraction of sp³-hybridized carbons (Fsp3) is 0.714. The van der Waals surface area contributed by atoms with Crippen molar-refractivity contribution in [2.24, 2.45) is 5.84 Å².